The van der Waals surface area contributed by atoms with Gasteiger partial charge >= 0.3 is 0 Å². The smallest absolute Gasteiger partial charge is 0.243 e. The number of carbonyl (C=O) groups is 1. The third-order valence-corrected chi connectivity index (χ3v) is 3.08. The summed E-state index contributed by atoms with van der Waals surface area (Å²) in [6.45, 7) is 0. The van der Waals surface area contributed by atoms with Gasteiger partial charge in [0, 0.05) is 14.1 Å². The number of amides is 1. The van der Waals surface area contributed by atoms with Gasteiger partial charge in [-0.1, -0.05) is 54.6 Å². The van der Waals surface area contributed by atoms with Crippen molar-refractivity contribution < 1.29 is 4.79 Å². The zero-order valence-electron chi connectivity index (χ0n) is 11.2. The van der Waals surface area contributed by atoms with Crippen molar-refractivity contribution in [2.75, 3.05) is 14.1 Å². The van der Waals surface area contributed by atoms with Gasteiger partial charge in [-0.25, -0.2) is 0 Å². The summed E-state index contributed by atoms with van der Waals surface area (Å²) in [5, 5.41) is 0. The maximum absolute atomic E-state index is 11.8. The van der Waals surface area contributed by atoms with E-state index in [1.165, 1.54) is 4.90 Å². The monoisotopic (exact) mass is 254 g/mol. The Bertz CT molecular complexity index is 547. The fourth-order valence-electron chi connectivity index (χ4n) is 1.93. The van der Waals surface area contributed by atoms with Crippen molar-refractivity contribution in [1.82, 2.24) is 4.90 Å². The quantitative estimate of drug-likeness (QED) is 0.914. The van der Waals surface area contributed by atoms with E-state index in [4.69, 9.17) is 5.73 Å². The minimum atomic E-state index is -0.597. The lowest BCUT2D eigenvalue weighted by atomic mass is 10.0. The van der Waals surface area contributed by atoms with E-state index in [0.29, 0.717) is 0 Å². The van der Waals surface area contributed by atoms with Crippen LogP contribution < -0.4 is 5.73 Å². The SMILES string of the molecule is CN(C)C(=O)C(N)c1ccc(-c2ccccc2)cc1. The third kappa shape index (κ3) is 3.01. The first-order valence-corrected chi connectivity index (χ1v) is 6.21. The minimum Gasteiger partial charge on any atom is -0.347 e. The van der Waals surface area contributed by atoms with Crippen LogP contribution in [0.2, 0.25) is 0 Å². The van der Waals surface area contributed by atoms with Gasteiger partial charge in [-0.3, -0.25) is 4.79 Å². The van der Waals surface area contributed by atoms with E-state index in [1.54, 1.807) is 14.1 Å². The second-order valence-electron chi connectivity index (χ2n) is 4.70. The molecule has 0 saturated heterocycles. The van der Waals surface area contributed by atoms with Crippen LogP contribution in [0, 0.1) is 0 Å². The Morgan fingerprint density at radius 3 is 2.00 bits per heavy atom. The van der Waals surface area contributed by atoms with E-state index in [-0.39, 0.29) is 5.91 Å². The highest BCUT2D eigenvalue weighted by molar-refractivity contribution is 5.82. The van der Waals surface area contributed by atoms with Crippen molar-refractivity contribution in [3.8, 4) is 11.1 Å². The molecule has 0 spiro atoms. The van der Waals surface area contributed by atoms with E-state index in [1.807, 2.05) is 42.5 Å². The predicted molar refractivity (Wildman–Crippen MR) is 77.5 cm³/mol. The third-order valence-electron chi connectivity index (χ3n) is 3.08. The molecule has 1 atom stereocenters. The lowest BCUT2D eigenvalue weighted by Crippen LogP contribution is -2.33. The Balaban J connectivity index is 2.22. The molecule has 3 nitrogen and oxygen atoms in total. The number of nitrogens with two attached hydrogens (primary N) is 1. The molecule has 19 heavy (non-hydrogen) atoms. The Hall–Kier alpha value is -2.13. The van der Waals surface area contributed by atoms with Gasteiger partial charge in [0.15, 0.2) is 0 Å². The highest BCUT2D eigenvalue weighted by Crippen LogP contribution is 2.21. The van der Waals surface area contributed by atoms with Gasteiger partial charge in [0.2, 0.25) is 5.91 Å². The molecule has 0 aliphatic rings. The summed E-state index contributed by atoms with van der Waals surface area (Å²) in [5.74, 6) is -0.0903. The van der Waals surface area contributed by atoms with E-state index in [9.17, 15) is 4.79 Å². The molecule has 98 valence electrons. The van der Waals surface area contributed by atoms with Crippen LogP contribution in [0.1, 0.15) is 11.6 Å². The van der Waals surface area contributed by atoms with E-state index in [0.717, 1.165) is 16.7 Å². The first-order chi connectivity index (χ1) is 9.09. The van der Waals surface area contributed by atoms with Crippen LogP contribution >= 0.6 is 0 Å². The molecule has 3 heteroatoms. The molecule has 0 aliphatic heterocycles. The molecule has 0 bridgehead atoms. The Morgan fingerprint density at radius 1 is 0.947 bits per heavy atom. The number of nitrogens with zero attached hydrogens (tertiary/aromatic N) is 1. The largest absolute Gasteiger partial charge is 0.347 e. The number of likely N-dealkylation sites (N-methyl/N-ethyl adjacent to an activating group) is 1. The fourth-order valence-corrected chi connectivity index (χ4v) is 1.93. The van der Waals surface area contributed by atoms with Crippen molar-refractivity contribution in [1.29, 1.82) is 0 Å². The predicted octanol–water partition coefficient (Wildman–Crippen LogP) is 2.44. The molecule has 2 aromatic carbocycles. The number of hydrogen-bond donors (Lipinski definition) is 1. The number of hydrogen-bond acceptors (Lipinski definition) is 2. The van der Waals surface area contributed by atoms with E-state index in [2.05, 4.69) is 12.1 Å². The molecule has 2 N–H and O–H groups in total. The molecular formula is C16H18N2O. The van der Waals surface area contributed by atoms with Crippen LogP contribution in [0.4, 0.5) is 0 Å². The van der Waals surface area contributed by atoms with Crippen LogP contribution in [0.25, 0.3) is 11.1 Å². The molecule has 0 aliphatic carbocycles. The second-order valence-corrected chi connectivity index (χ2v) is 4.70. The van der Waals surface area contributed by atoms with Gasteiger partial charge in [-0.15, -0.1) is 0 Å². The maximum Gasteiger partial charge on any atom is 0.243 e. The lowest BCUT2D eigenvalue weighted by molar-refractivity contribution is -0.130. The first-order valence-electron chi connectivity index (χ1n) is 6.21. The average Bonchev–Trinajstić information content (AvgIpc) is 2.46. The molecule has 0 aromatic heterocycles. The van der Waals surface area contributed by atoms with E-state index < -0.39 is 6.04 Å². The Kier molecular flexibility index (Phi) is 3.97. The van der Waals surface area contributed by atoms with Crippen LogP contribution in [-0.4, -0.2) is 24.9 Å². The fraction of sp³-hybridized carbons (Fsp3) is 0.188. The van der Waals surface area contributed by atoms with Gasteiger partial charge in [0.05, 0.1) is 0 Å². The number of rotatable bonds is 3. The van der Waals surface area contributed by atoms with Crippen LogP contribution in [-0.2, 0) is 4.79 Å². The normalized spacial score (nSPS) is 11.9. The molecular weight excluding hydrogens is 236 g/mol. The van der Waals surface area contributed by atoms with Crippen LogP contribution in [0.15, 0.2) is 54.6 Å². The molecule has 2 rings (SSSR count). The topological polar surface area (TPSA) is 46.3 Å². The summed E-state index contributed by atoms with van der Waals surface area (Å²) in [4.78, 5) is 13.3. The summed E-state index contributed by atoms with van der Waals surface area (Å²) in [7, 11) is 3.42. The number of benzene rings is 2. The highest BCUT2D eigenvalue weighted by atomic mass is 16.2. The summed E-state index contributed by atoms with van der Waals surface area (Å²) in [6.07, 6.45) is 0. The minimum absolute atomic E-state index is 0.0903. The van der Waals surface area contributed by atoms with Gasteiger partial charge in [0.1, 0.15) is 6.04 Å². The summed E-state index contributed by atoms with van der Waals surface area (Å²) in [6, 6.07) is 17.3. The average molecular weight is 254 g/mol. The van der Waals surface area contributed by atoms with Crippen molar-refractivity contribution >= 4 is 5.91 Å². The zero-order chi connectivity index (χ0) is 13.8. The highest BCUT2D eigenvalue weighted by Gasteiger charge is 2.17. The van der Waals surface area contributed by atoms with Crippen molar-refractivity contribution in [3.05, 3.63) is 60.2 Å². The molecule has 0 saturated carbocycles. The molecule has 0 radical (unpaired) electrons. The molecule has 1 amide bonds. The van der Waals surface area contributed by atoms with E-state index >= 15 is 0 Å². The van der Waals surface area contributed by atoms with Crippen LogP contribution in [0.5, 0.6) is 0 Å². The van der Waals surface area contributed by atoms with Gasteiger partial charge in [0.25, 0.3) is 0 Å². The van der Waals surface area contributed by atoms with Crippen molar-refractivity contribution in [3.63, 3.8) is 0 Å². The molecule has 2 aromatic rings. The Morgan fingerprint density at radius 2 is 1.47 bits per heavy atom. The summed E-state index contributed by atoms with van der Waals surface area (Å²) < 4.78 is 0. The first kappa shape index (κ1) is 13.3. The zero-order valence-corrected chi connectivity index (χ0v) is 11.2. The molecule has 1 unspecified atom stereocenters. The van der Waals surface area contributed by atoms with Gasteiger partial charge in [-0.2, -0.15) is 0 Å². The lowest BCUT2D eigenvalue weighted by Gasteiger charge is -2.17. The molecule has 0 fully saturated rings. The Labute approximate surface area is 113 Å². The van der Waals surface area contributed by atoms with Gasteiger partial charge in [-0.05, 0) is 16.7 Å². The summed E-state index contributed by atoms with van der Waals surface area (Å²) >= 11 is 0. The molecule has 0 heterocycles. The van der Waals surface area contributed by atoms with Crippen molar-refractivity contribution in [2.45, 2.75) is 6.04 Å². The maximum atomic E-state index is 11.8. The van der Waals surface area contributed by atoms with Crippen molar-refractivity contribution in [2.24, 2.45) is 5.73 Å². The van der Waals surface area contributed by atoms with Gasteiger partial charge < -0.3 is 10.6 Å². The number of carbonyl (C=O) groups excluding carboxylic acids is 1. The second kappa shape index (κ2) is 5.67. The standard InChI is InChI=1S/C16H18N2O/c1-18(2)16(19)15(17)14-10-8-13(9-11-14)12-6-4-3-5-7-12/h3-11,15H,17H2,1-2H3. The van der Waals surface area contributed by atoms with Crippen LogP contribution in [0.3, 0.4) is 0 Å². The summed E-state index contributed by atoms with van der Waals surface area (Å²) in [5.41, 5.74) is 9.04.